The highest BCUT2D eigenvalue weighted by Crippen LogP contribution is 2.38. The molecule has 2 nitrogen and oxygen atoms in total. The first-order valence-corrected chi connectivity index (χ1v) is 5.41. The van der Waals surface area contributed by atoms with Gasteiger partial charge in [0.05, 0.1) is 5.56 Å². The van der Waals surface area contributed by atoms with Crippen LogP contribution in [-0.4, -0.2) is 11.1 Å². The molecule has 0 amide bonds. The Labute approximate surface area is 98.9 Å². The first kappa shape index (κ1) is 9.85. The van der Waals surface area contributed by atoms with Crippen molar-refractivity contribution in [2.45, 2.75) is 0 Å². The Hall–Kier alpha value is -2.35. The zero-order valence-corrected chi connectivity index (χ0v) is 9.05. The van der Waals surface area contributed by atoms with E-state index in [0.29, 0.717) is 5.56 Å². The maximum absolute atomic E-state index is 11.2. The van der Waals surface area contributed by atoms with E-state index in [1.165, 1.54) is 0 Å². The highest BCUT2D eigenvalue weighted by molar-refractivity contribution is 6.00. The van der Waals surface area contributed by atoms with Gasteiger partial charge in [0.2, 0.25) is 0 Å². The Morgan fingerprint density at radius 1 is 1.00 bits per heavy atom. The van der Waals surface area contributed by atoms with Crippen LogP contribution in [0.2, 0.25) is 0 Å². The Morgan fingerprint density at radius 3 is 2.65 bits per heavy atom. The molecule has 2 heteroatoms. The van der Waals surface area contributed by atoms with Gasteiger partial charge in [-0.25, -0.2) is 4.79 Å². The molecule has 0 radical (unpaired) electrons. The van der Waals surface area contributed by atoms with Crippen molar-refractivity contribution in [2.24, 2.45) is 0 Å². The number of aromatic carboxylic acids is 1. The molecule has 0 atom stereocenters. The van der Waals surface area contributed by atoms with Crippen LogP contribution < -0.4 is 0 Å². The fourth-order valence-electron chi connectivity index (χ4n) is 2.23. The highest BCUT2D eigenvalue weighted by Gasteiger charge is 2.21. The van der Waals surface area contributed by atoms with E-state index in [-0.39, 0.29) is 0 Å². The molecule has 17 heavy (non-hydrogen) atoms. The summed E-state index contributed by atoms with van der Waals surface area (Å²) in [7, 11) is 0. The van der Waals surface area contributed by atoms with Crippen molar-refractivity contribution in [3.8, 4) is 0 Å². The second-order valence-electron chi connectivity index (χ2n) is 3.99. The van der Waals surface area contributed by atoms with Gasteiger partial charge in [-0.1, -0.05) is 48.6 Å². The Balaban J connectivity index is 2.11. The average molecular weight is 222 g/mol. The molecule has 0 saturated heterocycles. The molecule has 0 aromatic heterocycles. The van der Waals surface area contributed by atoms with Gasteiger partial charge in [-0.3, -0.25) is 0 Å². The van der Waals surface area contributed by atoms with E-state index in [2.05, 4.69) is 0 Å². The zero-order valence-electron chi connectivity index (χ0n) is 9.05. The maximum atomic E-state index is 11.2. The van der Waals surface area contributed by atoms with Gasteiger partial charge in [0.1, 0.15) is 0 Å². The third-order valence-electron chi connectivity index (χ3n) is 3.02. The molecule has 0 saturated carbocycles. The SMILES string of the molecule is O=C(O)c1ccccc1C1=CC=C2C=CC=C21. The zero-order chi connectivity index (χ0) is 11.8. The van der Waals surface area contributed by atoms with Crippen LogP contribution in [0.5, 0.6) is 0 Å². The van der Waals surface area contributed by atoms with Gasteiger partial charge in [-0.2, -0.15) is 0 Å². The third-order valence-corrected chi connectivity index (χ3v) is 3.02. The molecule has 82 valence electrons. The van der Waals surface area contributed by atoms with Gasteiger partial charge < -0.3 is 5.11 Å². The topological polar surface area (TPSA) is 37.3 Å². The van der Waals surface area contributed by atoms with E-state index in [9.17, 15) is 9.90 Å². The van der Waals surface area contributed by atoms with E-state index >= 15 is 0 Å². The lowest BCUT2D eigenvalue weighted by molar-refractivity contribution is 0.0696. The summed E-state index contributed by atoms with van der Waals surface area (Å²) in [5.74, 6) is -0.887. The number of hydrogen-bond acceptors (Lipinski definition) is 1. The molecule has 1 N–H and O–H groups in total. The Bertz CT molecular complexity index is 628. The third kappa shape index (κ3) is 1.46. The lowest BCUT2D eigenvalue weighted by Gasteiger charge is -2.09. The predicted molar refractivity (Wildman–Crippen MR) is 66.7 cm³/mol. The first-order chi connectivity index (χ1) is 8.27. The molecular formula is C15H10O2. The molecule has 2 aliphatic rings. The number of rotatable bonds is 2. The van der Waals surface area contributed by atoms with E-state index in [1.807, 2.05) is 42.5 Å². The van der Waals surface area contributed by atoms with E-state index < -0.39 is 5.97 Å². The summed E-state index contributed by atoms with van der Waals surface area (Å²) >= 11 is 0. The van der Waals surface area contributed by atoms with Gasteiger partial charge in [0.25, 0.3) is 0 Å². The van der Waals surface area contributed by atoms with Gasteiger partial charge >= 0.3 is 5.97 Å². The summed E-state index contributed by atoms with van der Waals surface area (Å²) in [6.45, 7) is 0. The van der Waals surface area contributed by atoms with Crippen LogP contribution in [0.25, 0.3) is 5.57 Å². The van der Waals surface area contributed by atoms with E-state index in [4.69, 9.17) is 0 Å². The lowest BCUT2D eigenvalue weighted by Crippen LogP contribution is -2.01. The number of allylic oxidation sites excluding steroid dienone is 8. The minimum absolute atomic E-state index is 0.348. The quantitative estimate of drug-likeness (QED) is 0.834. The van der Waals surface area contributed by atoms with Crippen molar-refractivity contribution in [1.29, 1.82) is 0 Å². The molecule has 1 aromatic rings. The largest absolute Gasteiger partial charge is 0.478 e. The first-order valence-electron chi connectivity index (χ1n) is 5.41. The number of fused-ring (bicyclic) bond motifs is 1. The minimum Gasteiger partial charge on any atom is -0.478 e. The number of carbonyl (C=O) groups is 1. The van der Waals surface area contributed by atoms with Crippen molar-refractivity contribution in [1.82, 2.24) is 0 Å². The van der Waals surface area contributed by atoms with E-state index in [0.717, 1.165) is 22.3 Å². The summed E-state index contributed by atoms with van der Waals surface area (Å²) in [6.07, 6.45) is 10.0. The van der Waals surface area contributed by atoms with Crippen LogP contribution in [0, 0.1) is 0 Å². The summed E-state index contributed by atoms with van der Waals surface area (Å²) in [4.78, 5) is 11.2. The van der Waals surface area contributed by atoms with Crippen molar-refractivity contribution in [3.05, 3.63) is 76.9 Å². The van der Waals surface area contributed by atoms with E-state index in [1.54, 1.807) is 12.1 Å². The molecule has 1 aromatic carbocycles. The summed E-state index contributed by atoms with van der Waals surface area (Å²) < 4.78 is 0. The van der Waals surface area contributed by atoms with Crippen LogP contribution in [0.3, 0.4) is 0 Å². The molecule has 0 bridgehead atoms. The Morgan fingerprint density at radius 2 is 1.82 bits per heavy atom. The molecule has 3 rings (SSSR count). The standard InChI is InChI=1S/C15H10O2/c16-15(17)14-6-2-1-5-12(14)13-9-8-10-4-3-7-11(10)13/h1-9H,(H,16,17). The minimum atomic E-state index is -0.887. The number of hydrogen-bond donors (Lipinski definition) is 1. The molecule has 2 aliphatic carbocycles. The Kier molecular flexibility index (Phi) is 2.08. The van der Waals surface area contributed by atoms with Gasteiger partial charge in [-0.05, 0) is 28.3 Å². The average Bonchev–Trinajstić information content (AvgIpc) is 2.90. The normalized spacial score (nSPS) is 16.4. The van der Waals surface area contributed by atoms with Crippen molar-refractivity contribution < 1.29 is 9.90 Å². The smallest absolute Gasteiger partial charge is 0.336 e. The number of carboxylic acid groups (broad SMARTS) is 1. The van der Waals surface area contributed by atoms with Gasteiger partial charge in [-0.15, -0.1) is 0 Å². The molecule has 0 fully saturated rings. The number of benzene rings is 1. The molecule has 0 aliphatic heterocycles. The van der Waals surface area contributed by atoms with Gasteiger partial charge in [0.15, 0.2) is 0 Å². The van der Waals surface area contributed by atoms with Gasteiger partial charge in [0, 0.05) is 0 Å². The summed E-state index contributed by atoms with van der Waals surface area (Å²) in [5.41, 5.74) is 4.38. The second kappa shape index (κ2) is 3.59. The fraction of sp³-hybridized carbons (Fsp3) is 0. The van der Waals surface area contributed by atoms with Crippen molar-refractivity contribution >= 4 is 11.5 Å². The molecular weight excluding hydrogens is 212 g/mol. The highest BCUT2D eigenvalue weighted by atomic mass is 16.4. The summed E-state index contributed by atoms with van der Waals surface area (Å²) in [6, 6.07) is 7.10. The van der Waals surface area contributed by atoms with Crippen LogP contribution in [0.4, 0.5) is 0 Å². The lowest BCUT2D eigenvalue weighted by atomic mass is 9.94. The number of carboxylic acids is 1. The van der Waals surface area contributed by atoms with Crippen molar-refractivity contribution in [3.63, 3.8) is 0 Å². The second-order valence-corrected chi connectivity index (χ2v) is 3.99. The van der Waals surface area contributed by atoms with Crippen LogP contribution >= 0.6 is 0 Å². The van der Waals surface area contributed by atoms with Crippen LogP contribution in [0.15, 0.2) is 65.8 Å². The molecule has 0 unspecified atom stereocenters. The predicted octanol–water partition coefficient (Wildman–Crippen LogP) is 3.20. The molecule has 0 spiro atoms. The monoisotopic (exact) mass is 222 g/mol. The fourth-order valence-corrected chi connectivity index (χ4v) is 2.23. The van der Waals surface area contributed by atoms with Crippen molar-refractivity contribution in [2.75, 3.05) is 0 Å². The van der Waals surface area contributed by atoms with Crippen LogP contribution in [0.1, 0.15) is 15.9 Å². The van der Waals surface area contributed by atoms with Crippen LogP contribution in [-0.2, 0) is 0 Å². The maximum Gasteiger partial charge on any atom is 0.336 e. The molecule has 0 heterocycles. The summed E-state index contributed by atoms with van der Waals surface area (Å²) in [5, 5.41) is 9.19.